The summed E-state index contributed by atoms with van der Waals surface area (Å²) < 4.78 is 6.79. The SMILES string of the molecule is c1ccc(-c2nc(-c3ccc4ccccc4c3)nc(-c3cccc4c3oc3c5ccccc5c(-c5ccccc5)cc43)n2)cc1. The number of rotatable bonds is 4. The highest BCUT2D eigenvalue weighted by molar-refractivity contribution is 6.20. The van der Waals surface area contributed by atoms with Crippen molar-refractivity contribution in [1.29, 1.82) is 0 Å². The normalized spacial score (nSPS) is 11.6. The van der Waals surface area contributed by atoms with Crippen molar-refractivity contribution in [3.63, 3.8) is 0 Å². The van der Waals surface area contributed by atoms with Crippen LogP contribution in [0.2, 0.25) is 0 Å². The predicted molar refractivity (Wildman–Crippen MR) is 184 cm³/mol. The van der Waals surface area contributed by atoms with Gasteiger partial charge in [-0.05, 0) is 45.5 Å². The summed E-state index contributed by atoms with van der Waals surface area (Å²) in [5.41, 5.74) is 6.67. The van der Waals surface area contributed by atoms with Crippen LogP contribution in [0.5, 0.6) is 0 Å². The number of furan rings is 1. The molecule has 0 N–H and O–H groups in total. The van der Waals surface area contributed by atoms with E-state index in [2.05, 4.69) is 109 Å². The molecule has 4 heteroatoms. The number of aromatic nitrogens is 3. The van der Waals surface area contributed by atoms with E-state index in [-0.39, 0.29) is 0 Å². The lowest BCUT2D eigenvalue weighted by Gasteiger charge is -2.09. The Morgan fingerprint density at radius 3 is 1.73 bits per heavy atom. The molecule has 0 spiro atoms. The molecule has 0 amide bonds. The van der Waals surface area contributed by atoms with Crippen molar-refractivity contribution in [3.05, 3.63) is 152 Å². The molecule has 0 aliphatic heterocycles. The zero-order valence-electron chi connectivity index (χ0n) is 24.2. The molecule has 9 aromatic rings. The molecule has 0 fully saturated rings. The van der Waals surface area contributed by atoms with Crippen LogP contribution in [0.15, 0.2) is 156 Å². The maximum absolute atomic E-state index is 6.79. The fraction of sp³-hybridized carbons (Fsp3) is 0. The topological polar surface area (TPSA) is 51.8 Å². The highest BCUT2D eigenvalue weighted by atomic mass is 16.3. The molecular weight excluding hydrogens is 550 g/mol. The van der Waals surface area contributed by atoms with E-state index in [9.17, 15) is 0 Å². The van der Waals surface area contributed by atoms with Crippen LogP contribution >= 0.6 is 0 Å². The highest BCUT2D eigenvalue weighted by Crippen LogP contribution is 2.42. The van der Waals surface area contributed by atoms with Gasteiger partial charge in [-0.1, -0.05) is 133 Å². The molecule has 0 unspecified atom stereocenters. The fourth-order valence-corrected chi connectivity index (χ4v) is 6.32. The Morgan fingerprint density at radius 2 is 0.933 bits per heavy atom. The van der Waals surface area contributed by atoms with Gasteiger partial charge in [0.05, 0.1) is 5.56 Å². The molecule has 0 radical (unpaired) electrons. The van der Waals surface area contributed by atoms with E-state index in [1.165, 1.54) is 16.5 Å². The second-order valence-electron chi connectivity index (χ2n) is 11.2. The van der Waals surface area contributed by atoms with E-state index in [0.717, 1.165) is 54.8 Å². The third-order valence-electron chi connectivity index (χ3n) is 8.51. The molecule has 0 saturated carbocycles. The van der Waals surface area contributed by atoms with Crippen molar-refractivity contribution in [2.75, 3.05) is 0 Å². The first-order chi connectivity index (χ1) is 22.3. The molecule has 0 atom stereocenters. The quantitative estimate of drug-likeness (QED) is 0.209. The van der Waals surface area contributed by atoms with Gasteiger partial charge in [0.2, 0.25) is 0 Å². The summed E-state index contributed by atoms with van der Waals surface area (Å²) in [4.78, 5) is 15.1. The molecule has 0 saturated heterocycles. The first-order valence-electron chi connectivity index (χ1n) is 15.0. The lowest BCUT2D eigenvalue weighted by Crippen LogP contribution is -2.00. The summed E-state index contributed by atoms with van der Waals surface area (Å²) in [5.74, 6) is 1.81. The van der Waals surface area contributed by atoms with Crippen molar-refractivity contribution in [1.82, 2.24) is 15.0 Å². The van der Waals surface area contributed by atoms with Gasteiger partial charge in [-0.3, -0.25) is 0 Å². The molecule has 45 heavy (non-hydrogen) atoms. The Kier molecular flexibility index (Phi) is 5.78. The van der Waals surface area contributed by atoms with Gasteiger partial charge in [0.1, 0.15) is 11.2 Å². The minimum absolute atomic E-state index is 0.573. The first kappa shape index (κ1) is 25.4. The van der Waals surface area contributed by atoms with Gasteiger partial charge in [-0.2, -0.15) is 0 Å². The summed E-state index contributed by atoms with van der Waals surface area (Å²) in [6, 6.07) is 52.2. The minimum Gasteiger partial charge on any atom is -0.455 e. The largest absolute Gasteiger partial charge is 0.455 e. The zero-order chi connectivity index (χ0) is 29.7. The third kappa shape index (κ3) is 4.27. The van der Waals surface area contributed by atoms with E-state index in [0.29, 0.717) is 17.5 Å². The average molecular weight is 576 g/mol. The summed E-state index contributed by atoms with van der Waals surface area (Å²) in [6.45, 7) is 0. The number of hydrogen-bond donors (Lipinski definition) is 0. The summed E-state index contributed by atoms with van der Waals surface area (Å²) >= 11 is 0. The number of hydrogen-bond acceptors (Lipinski definition) is 4. The van der Waals surface area contributed by atoms with E-state index in [1.54, 1.807) is 0 Å². The van der Waals surface area contributed by atoms with Gasteiger partial charge in [0.15, 0.2) is 17.5 Å². The summed E-state index contributed by atoms with van der Waals surface area (Å²) in [7, 11) is 0. The molecule has 9 rings (SSSR count). The molecule has 0 aliphatic carbocycles. The fourth-order valence-electron chi connectivity index (χ4n) is 6.32. The Hall–Kier alpha value is -6.13. The molecule has 210 valence electrons. The minimum atomic E-state index is 0.573. The summed E-state index contributed by atoms with van der Waals surface area (Å²) in [5, 5.41) is 6.64. The van der Waals surface area contributed by atoms with Crippen molar-refractivity contribution in [2.45, 2.75) is 0 Å². The third-order valence-corrected chi connectivity index (χ3v) is 8.51. The Morgan fingerprint density at radius 1 is 0.333 bits per heavy atom. The second-order valence-corrected chi connectivity index (χ2v) is 11.2. The summed E-state index contributed by atoms with van der Waals surface area (Å²) in [6.07, 6.45) is 0. The van der Waals surface area contributed by atoms with Crippen LogP contribution < -0.4 is 0 Å². The number of benzene rings is 7. The van der Waals surface area contributed by atoms with Gasteiger partial charge in [0, 0.05) is 27.3 Å². The molecule has 4 nitrogen and oxygen atoms in total. The smallest absolute Gasteiger partial charge is 0.167 e. The first-order valence-corrected chi connectivity index (χ1v) is 15.0. The monoisotopic (exact) mass is 575 g/mol. The van der Waals surface area contributed by atoms with Crippen LogP contribution in [-0.4, -0.2) is 15.0 Å². The molecule has 7 aromatic carbocycles. The van der Waals surface area contributed by atoms with Gasteiger partial charge < -0.3 is 4.42 Å². The Labute approximate surface area is 259 Å². The standard InChI is InChI=1S/C41H25N3O/c1-3-13-27(14-4-1)35-25-36-33-20-11-21-34(37(33)45-38(36)32-19-10-9-18-31(32)35)41-43-39(28-15-5-2-6-16-28)42-40(44-41)30-23-22-26-12-7-8-17-29(26)24-30/h1-25H. The maximum Gasteiger partial charge on any atom is 0.167 e. The van der Waals surface area contributed by atoms with E-state index >= 15 is 0 Å². The van der Waals surface area contributed by atoms with Crippen molar-refractivity contribution in [2.24, 2.45) is 0 Å². The van der Waals surface area contributed by atoms with Gasteiger partial charge >= 0.3 is 0 Å². The predicted octanol–water partition coefficient (Wildman–Crippen LogP) is 10.7. The van der Waals surface area contributed by atoms with E-state index in [1.807, 2.05) is 42.5 Å². The van der Waals surface area contributed by atoms with Crippen LogP contribution in [0.3, 0.4) is 0 Å². The zero-order valence-corrected chi connectivity index (χ0v) is 24.2. The average Bonchev–Trinajstić information content (AvgIpc) is 3.51. The van der Waals surface area contributed by atoms with Crippen LogP contribution in [0.4, 0.5) is 0 Å². The molecule has 0 aliphatic rings. The van der Waals surface area contributed by atoms with Crippen LogP contribution in [0, 0.1) is 0 Å². The molecule has 2 heterocycles. The van der Waals surface area contributed by atoms with Crippen LogP contribution in [0.1, 0.15) is 0 Å². The molecule has 2 aromatic heterocycles. The van der Waals surface area contributed by atoms with Gasteiger partial charge in [-0.25, -0.2) is 15.0 Å². The van der Waals surface area contributed by atoms with Crippen LogP contribution in [0.25, 0.3) is 88.8 Å². The molecule has 0 bridgehead atoms. The second kappa shape index (κ2) is 10.2. The van der Waals surface area contributed by atoms with Crippen LogP contribution in [-0.2, 0) is 0 Å². The number of para-hydroxylation sites is 1. The Balaban J connectivity index is 1.31. The van der Waals surface area contributed by atoms with E-state index < -0.39 is 0 Å². The molecular formula is C41H25N3O. The van der Waals surface area contributed by atoms with E-state index in [4.69, 9.17) is 19.4 Å². The highest BCUT2D eigenvalue weighted by Gasteiger charge is 2.20. The maximum atomic E-state index is 6.79. The van der Waals surface area contributed by atoms with Gasteiger partial charge in [-0.15, -0.1) is 0 Å². The lowest BCUT2D eigenvalue weighted by atomic mass is 9.95. The van der Waals surface area contributed by atoms with Crippen molar-refractivity contribution < 1.29 is 4.42 Å². The van der Waals surface area contributed by atoms with Crippen molar-refractivity contribution in [3.8, 4) is 45.3 Å². The van der Waals surface area contributed by atoms with Crippen molar-refractivity contribution >= 4 is 43.5 Å². The number of fused-ring (bicyclic) bond motifs is 6. The van der Waals surface area contributed by atoms with Gasteiger partial charge in [0.25, 0.3) is 0 Å². The Bertz CT molecular complexity index is 2540. The number of nitrogens with zero attached hydrogens (tertiary/aromatic N) is 3. The lowest BCUT2D eigenvalue weighted by molar-refractivity contribution is 0.673.